The van der Waals surface area contributed by atoms with Crippen molar-refractivity contribution in [2.45, 2.75) is 49.9 Å². The molecule has 3 N–H and O–H groups in total. The lowest BCUT2D eigenvalue weighted by Gasteiger charge is -2.50. The molecule has 15 heteroatoms. The molecule has 0 spiro atoms. The fourth-order valence-electron chi connectivity index (χ4n) is 9.31. The standard InChI is InChI=1S/C41H41Cl2N3O10/c1-54-24-11-8-22(9-12-24)41-28(38(51)46(40(41)53)44-30-15-10-23(42)19-29(30)43)20-27-25(35(41)21-17-31(55-2)36(49)32(18-21)56-3)13-14-26-34(27)39(52)45(37(26)50)16-6-4-5-7-33(47)48/h8-13,15,17-19,26-28,34-35,44,49H,4-7,14,16,20H2,1-3H3,(H,47,48). The number of nitrogens with zero attached hydrogens (tertiary/aromatic N) is 2. The first-order valence-electron chi connectivity index (χ1n) is 18.3. The van der Waals surface area contributed by atoms with Gasteiger partial charge in [-0.2, -0.15) is 5.01 Å². The van der Waals surface area contributed by atoms with Crippen LogP contribution >= 0.6 is 23.2 Å². The van der Waals surface area contributed by atoms with Crippen molar-refractivity contribution in [1.29, 1.82) is 0 Å². The third-order valence-corrected chi connectivity index (χ3v) is 12.3. The van der Waals surface area contributed by atoms with Crippen molar-refractivity contribution in [1.82, 2.24) is 9.91 Å². The van der Waals surface area contributed by atoms with Crippen molar-refractivity contribution in [2.75, 3.05) is 33.3 Å². The summed E-state index contributed by atoms with van der Waals surface area (Å²) in [5, 5.41) is 21.6. The SMILES string of the molecule is COc1ccc(C23C(=O)N(Nc4ccc(Cl)cc4Cl)C(=O)C2CC2C(=CCC4C(=O)N(CCCCCC(=O)O)C(=O)C42)C3c2cc(OC)c(O)c(OC)c2)cc1. The van der Waals surface area contributed by atoms with E-state index < -0.39 is 52.8 Å². The van der Waals surface area contributed by atoms with Gasteiger partial charge in [0, 0.05) is 23.9 Å². The second-order valence-corrected chi connectivity index (χ2v) is 15.4. The minimum atomic E-state index is -1.63. The van der Waals surface area contributed by atoms with Crippen LogP contribution in [0.15, 0.2) is 66.2 Å². The van der Waals surface area contributed by atoms with Gasteiger partial charge in [0.2, 0.25) is 17.6 Å². The van der Waals surface area contributed by atoms with Crippen LogP contribution in [0.2, 0.25) is 10.0 Å². The number of amides is 4. The zero-order chi connectivity index (χ0) is 40.1. The van der Waals surface area contributed by atoms with Crippen LogP contribution < -0.4 is 19.6 Å². The molecule has 294 valence electrons. The Morgan fingerprint density at radius 1 is 0.875 bits per heavy atom. The van der Waals surface area contributed by atoms with Crippen molar-refractivity contribution in [3.63, 3.8) is 0 Å². The highest BCUT2D eigenvalue weighted by Crippen LogP contribution is 2.65. The number of nitrogens with one attached hydrogen (secondary N) is 1. The van der Waals surface area contributed by atoms with Crippen LogP contribution in [0, 0.1) is 23.7 Å². The van der Waals surface area contributed by atoms with E-state index in [2.05, 4.69) is 5.43 Å². The van der Waals surface area contributed by atoms with Gasteiger partial charge in [0.15, 0.2) is 11.5 Å². The summed E-state index contributed by atoms with van der Waals surface area (Å²) in [6.07, 6.45) is 3.60. The number of aliphatic carboxylic acids is 1. The maximum atomic E-state index is 15.5. The second kappa shape index (κ2) is 15.3. The number of imide groups is 2. The van der Waals surface area contributed by atoms with Crippen LogP contribution in [0.5, 0.6) is 23.0 Å². The third kappa shape index (κ3) is 6.30. The number of hydrogen-bond donors (Lipinski definition) is 3. The number of allylic oxidation sites excluding steroid dienone is 2. The summed E-state index contributed by atoms with van der Waals surface area (Å²) in [6, 6.07) is 14.8. The minimum absolute atomic E-state index is 0.00308. The fraction of sp³-hybridized carbons (Fsp3) is 0.390. The Kier molecular flexibility index (Phi) is 10.7. The van der Waals surface area contributed by atoms with Gasteiger partial charge in [-0.15, -0.1) is 0 Å². The number of phenols is 1. The normalized spacial score (nSPS) is 25.4. The van der Waals surface area contributed by atoms with Gasteiger partial charge in [0.25, 0.3) is 11.8 Å². The van der Waals surface area contributed by atoms with E-state index in [1.165, 1.54) is 32.3 Å². The smallest absolute Gasteiger partial charge is 0.303 e. The number of rotatable bonds is 13. The molecule has 3 aromatic carbocycles. The maximum Gasteiger partial charge on any atom is 0.303 e. The molecule has 7 rings (SSSR count). The third-order valence-electron chi connectivity index (χ3n) is 11.8. The summed E-state index contributed by atoms with van der Waals surface area (Å²) in [5.74, 6) is -6.43. The largest absolute Gasteiger partial charge is 0.502 e. The van der Waals surface area contributed by atoms with Crippen molar-refractivity contribution in [3.8, 4) is 23.0 Å². The van der Waals surface area contributed by atoms with Crippen LogP contribution in [0.25, 0.3) is 0 Å². The molecule has 13 nitrogen and oxygen atoms in total. The Hall–Kier alpha value is -5.27. The zero-order valence-electron chi connectivity index (χ0n) is 30.9. The van der Waals surface area contributed by atoms with E-state index in [1.54, 1.807) is 48.5 Å². The van der Waals surface area contributed by atoms with Gasteiger partial charge in [-0.05, 0) is 85.2 Å². The lowest BCUT2D eigenvalue weighted by molar-refractivity contribution is -0.141. The van der Waals surface area contributed by atoms with Crippen molar-refractivity contribution in [2.24, 2.45) is 23.7 Å². The molecule has 4 amide bonds. The van der Waals surface area contributed by atoms with Gasteiger partial charge in [0.1, 0.15) is 5.75 Å². The number of anilines is 1. The molecule has 0 radical (unpaired) electrons. The van der Waals surface area contributed by atoms with Gasteiger partial charge in [-0.3, -0.25) is 34.3 Å². The van der Waals surface area contributed by atoms with E-state index in [4.69, 9.17) is 42.5 Å². The highest BCUT2D eigenvalue weighted by atomic mass is 35.5. The van der Waals surface area contributed by atoms with E-state index in [0.717, 1.165) is 5.01 Å². The van der Waals surface area contributed by atoms with Crippen LogP contribution in [0.1, 0.15) is 55.6 Å². The van der Waals surface area contributed by atoms with E-state index in [0.29, 0.717) is 46.7 Å². The van der Waals surface area contributed by atoms with Crippen LogP contribution in [0.3, 0.4) is 0 Å². The number of hydrazine groups is 1. The number of methoxy groups -OCH3 is 3. The number of fused-ring (bicyclic) bond motifs is 4. The summed E-state index contributed by atoms with van der Waals surface area (Å²) in [5.41, 5.74) is 3.28. The monoisotopic (exact) mass is 805 g/mol. The molecule has 2 aliphatic carbocycles. The molecule has 56 heavy (non-hydrogen) atoms. The Balaban J connectivity index is 1.40. The minimum Gasteiger partial charge on any atom is -0.502 e. The summed E-state index contributed by atoms with van der Waals surface area (Å²) >= 11 is 12.7. The molecule has 0 aromatic heterocycles. The predicted octanol–water partition coefficient (Wildman–Crippen LogP) is 6.35. The molecule has 2 aliphatic heterocycles. The average molecular weight is 807 g/mol. The molecular formula is C41H41Cl2N3O10. The summed E-state index contributed by atoms with van der Waals surface area (Å²) in [4.78, 5) is 71.1. The number of carboxylic acid groups (broad SMARTS) is 1. The zero-order valence-corrected chi connectivity index (χ0v) is 32.4. The first-order valence-corrected chi connectivity index (χ1v) is 19.1. The number of halogens is 2. The fourth-order valence-corrected chi connectivity index (χ4v) is 9.76. The van der Waals surface area contributed by atoms with E-state index in [1.807, 2.05) is 6.08 Å². The molecule has 3 fully saturated rings. The number of benzene rings is 3. The summed E-state index contributed by atoms with van der Waals surface area (Å²) < 4.78 is 16.6. The number of carbonyl (C=O) groups is 5. The van der Waals surface area contributed by atoms with Crippen molar-refractivity contribution >= 4 is 58.5 Å². The Morgan fingerprint density at radius 2 is 1.57 bits per heavy atom. The lowest BCUT2D eigenvalue weighted by Crippen LogP contribution is -2.53. The van der Waals surface area contributed by atoms with Gasteiger partial charge >= 0.3 is 5.97 Å². The second-order valence-electron chi connectivity index (χ2n) is 14.5. The number of carbonyl (C=O) groups excluding carboxylic acids is 4. The van der Waals surface area contributed by atoms with Gasteiger partial charge in [0.05, 0.1) is 55.2 Å². The molecule has 3 aromatic rings. The number of likely N-dealkylation sites (tertiary alicyclic amines) is 1. The molecule has 4 aliphatic rings. The average Bonchev–Trinajstić information content (AvgIpc) is 3.55. The molecular weight excluding hydrogens is 765 g/mol. The van der Waals surface area contributed by atoms with Gasteiger partial charge in [-0.25, -0.2) is 0 Å². The molecule has 2 heterocycles. The lowest BCUT2D eigenvalue weighted by atomic mass is 9.49. The van der Waals surface area contributed by atoms with Gasteiger partial charge < -0.3 is 24.4 Å². The molecule has 6 unspecified atom stereocenters. The van der Waals surface area contributed by atoms with Crippen LogP contribution in [-0.4, -0.2) is 77.6 Å². The van der Waals surface area contributed by atoms with Crippen LogP contribution in [-0.2, 0) is 29.4 Å². The molecule has 6 atom stereocenters. The topological polar surface area (TPSA) is 172 Å². The highest BCUT2D eigenvalue weighted by molar-refractivity contribution is 6.36. The van der Waals surface area contributed by atoms with Crippen LogP contribution in [0.4, 0.5) is 5.69 Å². The number of aromatic hydroxyl groups is 1. The number of hydrogen-bond acceptors (Lipinski definition) is 10. The first kappa shape index (κ1) is 39.0. The van der Waals surface area contributed by atoms with Crippen molar-refractivity contribution < 1.29 is 48.4 Å². The van der Waals surface area contributed by atoms with E-state index in [-0.39, 0.29) is 65.6 Å². The number of unbranched alkanes of at least 4 members (excludes halogenated alkanes) is 2. The maximum absolute atomic E-state index is 15.5. The Labute approximate surface area is 333 Å². The first-order chi connectivity index (χ1) is 26.9. The molecule has 1 saturated carbocycles. The Bertz CT molecular complexity index is 2120. The summed E-state index contributed by atoms with van der Waals surface area (Å²) in [6.45, 7) is 0.151. The molecule has 0 bridgehead atoms. The highest BCUT2D eigenvalue weighted by Gasteiger charge is 2.70. The number of ether oxygens (including phenoxy) is 3. The van der Waals surface area contributed by atoms with E-state index >= 15 is 4.79 Å². The quantitative estimate of drug-likeness (QED) is 0.0998. The Morgan fingerprint density at radius 3 is 2.20 bits per heavy atom. The summed E-state index contributed by atoms with van der Waals surface area (Å²) in [7, 11) is 4.30. The van der Waals surface area contributed by atoms with Crippen molar-refractivity contribution in [3.05, 3.63) is 87.4 Å². The van der Waals surface area contributed by atoms with Gasteiger partial charge in [-0.1, -0.05) is 53.4 Å². The number of phenolic OH excluding ortho intramolecular Hbond substituents is 1. The number of carboxylic acids is 1. The predicted molar refractivity (Wildman–Crippen MR) is 205 cm³/mol. The van der Waals surface area contributed by atoms with E-state index in [9.17, 15) is 24.3 Å². The molecule has 2 saturated heterocycles.